The van der Waals surface area contributed by atoms with Gasteiger partial charge in [-0.25, -0.2) is 8.96 Å². The van der Waals surface area contributed by atoms with E-state index in [1.807, 2.05) is 0 Å². The molecule has 2 unspecified atom stereocenters. The smallest absolute Gasteiger partial charge is 0.390 e. The van der Waals surface area contributed by atoms with Crippen molar-refractivity contribution >= 4 is 13.7 Å². The van der Waals surface area contributed by atoms with Gasteiger partial charge in [-0.05, 0) is 40.4 Å². The molecule has 0 bridgehead atoms. The van der Waals surface area contributed by atoms with Gasteiger partial charge in [0.1, 0.15) is 24.1 Å². The van der Waals surface area contributed by atoms with Crippen molar-refractivity contribution in [3.63, 3.8) is 0 Å². The molecule has 0 aromatic carbocycles. The van der Waals surface area contributed by atoms with Crippen LogP contribution in [0.1, 0.15) is 37.6 Å². The summed E-state index contributed by atoms with van der Waals surface area (Å²) in [6.07, 6.45) is -6.69. The lowest BCUT2D eigenvalue weighted by Crippen LogP contribution is -2.79. The highest BCUT2D eigenvalue weighted by molar-refractivity contribution is 7.46. The predicted molar refractivity (Wildman–Crippen MR) is 133 cm³/mol. The number of ether oxygens (including phenoxy) is 3. The van der Waals surface area contributed by atoms with Gasteiger partial charge < -0.3 is 55.3 Å². The van der Waals surface area contributed by atoms with E-state index in [9.17, 15) is 29.1 Å². The first-order valence-electron chi connectivity index (χ1n) is 12.8. The largest absolute Gasteiger partial charge is 0.470 e. The molecule has 11 atom stereocenters. The average Bonchev–Trinajstić information content (AvgIpc) is 2.85. The Kier molecular flexibility index (Phi) is 9.31. The molecule has 15 nitrogen and oxygen atoms in total. The maximum absolute atomic E-state index is 14.7. The van der Waals surface area contributed by atoms with Crippen LogP contribution in [-0.2, 0) is 34.5 Å². The molecule has 226 valence electrons. The van der Waals surface area contributed by atoms with E-state index in [-0.39, 0.29) is 17.7 Å². The summed E-state index contributed by atoms with van der Waals surface area (Å²) in [5.41, 5.74) is -0.194. The van der Waals surface area contributed by atoms with Crippen LogP contribution in [0, 0.1) is 5.82 Å². The fourth-order valence-electron chi connectivity index (χ4n) is 5.51. The number of rotatable bonds is 8. The molecule has 3 heterocycles. The first-order valence-corrected chi connectivity index (χ1v) is 14.3. The molecule has 1 aromatic heterocycles. The highest BCUT2D eigenvalue weighted by Crippen LogP contribution is 2.43. The highest BCUT2D eigenvalue weighted by Gasteiger charge is 2.63. The fraction of sp³-hybridized carbons (Fsp3) is 0.739. The SMILES string of the molecule is CN[C@@H]1[C@H](O)[C@H](NC)[C@H]2O[C@@]3(O)C(NC(=O)Cc4ncc(C(C)OP(=O)(O)O)cc4F)C[C@@H](C)O[C@H]3O[C@@H]2[C@H]1O. The van der Waals surface area contributed by atoms with Gasteiger partial charge in [-0.1, -0.05) is 0 Å². The molecule has 40 heavy (non-hydrogen) atoms. The summed E-state index contributed by atoms with van der Waals surface area (Å²) in [5.74, 6) is -3.82. The summed E-state index contributed by atoms with van der Waals surface area (Å²) >= 11 is 0. The molecule has 2 aliphatic heterocycles. The van der Waals surface area contributed by atoms with E-state index in [1.54, 1.807) is 21.0 Å². The Labute approximate surface area is 229 Å². The number of phosphoric acid groups is 1. The number of likely N-dealkylation sites (N-methyl/N-ethyl adjacent to an activating group) is 2. The molecule has 3 fully saturated rings. The first kappa shape index (κ1) is 31.3. The van der Waals surface area contributed by atoms with Gasteiger partial charge in [0.05, 0.1) is 48.6 Å². The second kappa shape index (κ2) is 11.9. The molecule has 2 saturated heterocycles. The number of hydrogen-bond acceptors (Lipinski definition) is 12. The summed E-state index contributed by atoms with van der Waals surface area (Å²) < 4.78 is 48.1. The summed E-state index contributed by atoms with van der Waals surface area (Å²) in [4.78, 5) is 34.8. The van der Waals surface area contributed by atoms with E-state index in [1.165, 1.54) is 6.92 Å². The zero-order valence-corrected chi connectivity index (χ0v) is 23.2. The third-order valence-electron chi connectivity index (χ3n) is 7.52. The number of aromatic nitrogens is 1. The summed E-state index contributed by atoms with van der Waals surface area (Å²) in [6.45, 7) is 3.01. The van der Waals surface area contributed by atoms with Crippen molar-refractivity contribution < 1.29 is 57.6 Å². The third kappa shape index (κ3) is 6.23. The van der Waals surface area contributed by atoms with E-state index in [0.29, 0.717) is 0 Å². The number of carbonyl (C=O) groups excluding carboxylic acids is 1. The van der Waals surface area contributed by atoms with Gasteiger partial charge in [0.2, 0.25) is 18.0 Å². The van der Waals surface area contributed by atoms with E-state index in [2.05, 4.69) is 25.5 Å². The van der Waals surface area contributed by atoms with Crippen LogP contribution in [0.15, 0.2) is 12.3 Å². The minimum Gasteiger partial charge on any atom is -0.390 e. The van der Waals surface area contributed by atoms with Crippen LogP contribution < -0.4 is 16.0 Å². The maximum Gasteiger partial charge on any atom is 0.470 e. The van der Waals surface area contributed by atoms with Gasteiger partial charge in [-0.2, -0.15) is 0 Å². The Hall–Kier alpha value is -1.66. The van der Waals surface area contributed by atoms with E-state index in [0.717, 1.165) is 12.3 Å². The minimum absolute atomic E-state index is 0.0548. The van der Waals surface area contributed by atoms with Crippen molar-refractivity contribution in [1.82, 2.24) is 20.9 Å². The van der Waals surface area contributed by atoms with E-state index >= 15 is 0 Å². The van der Waals surface area contributed by atoms with Crippen LogP contribution in [0.5, 0.6) is 0 Å². The number of pyridine rings is 1. The molecule has 1 amide bonds. The van der Waals surface area contributed by atoms with Crippen LogP contribution in [0.4, 0.5) is 4.39 Å². The van der Waals surface area contributed by atoms with Crippen LogP contribution in [0.3, 0.4) is 0 Å². The molecule has 0 radical (unpaired) electrons. The molecule has 1 aromatic rings. The Balaban J connectivity index is 1.50. The van der Waals surface area contributed by atoms with Crippen LogP contribution in [-0.4, -0.2) is 111 Å². The van der Waals surface area contributed by atoms with Gasteiger partial charge in [0, 0.05) is 11.8 Å². The lowest BCUT2D eigenvalue weighted by atomic mass is 9.79. The lowest BCUT2D eigenvalue weighted by Gasteiger charge is -2.58. The second-order valence-electron chi connectivity index (χ2n) is 10.3. The van der Waals surface area contributed by atoms with Crippen molar-refractivity contribution in [3.05, 3.63) is 29.3 Å². The molecule has 3 aliphatic rings. The number of amides is 1. The maximum atomic E-state index is 14.7. The fourth-order valence-corrected chi connectivity index (χ4v) is 6.05. The van der Waals surface area contributed by atoms with Crippen molar-refractivity contribution in [3.8, 4) is 0 Å². The number of phosphoric ester groups is 1. The number of aliphatic hydroxyl groups excluding tert-OH is 2. The number of halogens is 1. The molecule has 4 rings (SSSR count). The van der Waals surface area contributed by atoms with Gasteiger partial charge >= 0.3 is 7.82 Å². The zero-order valence-electron chi connectivity index (χ0n) is 22.3. The molecular weight excluding hydrogens is 558 g/mol. The Morgan fingerprint density at radius 1 is 1.23 bits per heavy atom. The normalized spacial score (nSPS) is 38.7. The number of nitrogens with one attached hydrogen (secondary N) is 3. The van der Waals surface area contributed by atoms with Gasteiger partial charge in [-0.15, -0.1) is 0 Å². The molecule has 1 saturated carbocycles. The third-order valence-corrected chi connectivity index (χ3v) is 8.11. The molecule has 8 N–H and O–H groups in total. The van der Waals surface area contributed by atoms with Crippen LogP contribution >= 0.6 is 7.82 Å². The molecular formula is C23H36FN4O11P. The molecule has 1 aliphatic carbocycles. The van der Waals surface area contributed by atoms with Gasteiger partial charge in [0.15, 0.2) is 0 Å². The highest BCUT2D eigenvalue weighted by atomic mass is 31.2. The van der Waals surface area contributed by atoms with Gasteiger partial charge in [-0.3, -0.25) is 14.3 Å². The molecule has 17 heteroatoms. The summed E-state index contributed by atoms with van der Waals surface area (Å²) in [6, 6.07) is -1.64. The van der Waals surface area contributed by atoms with E-state index in [4.69, 9.17) is 24.0 Å². The van der Waals surface area contributed by atoms with Crippen LogP contribution in [0.25, 0.3) is 0 Å². The number of fused-ring (bicyclic) bond motifs is 2. The Bertz CT molecular complexity index is 1130. The quantitative estimate of drug-likeness (QED) is 0.152. The molecule has 0 spiro atoms. The average molecular weight is 595 g/mol. The van der Waals surface area contributed by atoms with Crippen molar-refractivity contribution in [1.29, 1.82) is 0 Å². The Morgan fingerprint density at radius 3 is 2.50 bits per heavy atom. The van der Waals surface area contributed by atoms with Gasteiger partial charge in [0.25, 0.3) is 0 Å². The summed E-state index contributed by atoms with van der Waals surface area (Å²) in [7, 11) is -1.65. The second-order valence-corrected chi connectivity index (χ2v) is 11.5. The number of aliphatic hydroxyl groups is 3. The lowest BCUT2D eigenvalue weighted by molar-refractivity contribution is -0.449. The zero-order chi connectivity index (χ0) is 29.6. The predicted octanol–water partition coefficient (Wildman–Crippen LogP) is -2.06. The number of carbonyl (C=O) groups is 1. The topological polar surface area (TPSA) is 221 Å². The Morgan fingerprint density at radius 2 is 1.90 bits per heavy atom. The summed E-state index contributed by atoms with van der Waals surface area (Å²) in [5, 5.41) is 41.7. The minimum atomic E-state index is -4.81. The number of hydrogen-bond donors (Lipinski definition) is 8. The van der Waals surface area contributed by atoms with Crippen LogP contribution in [0.2, 0.25) is 0 Å². The number of nitrogens with zero attached hydrogens (tertiary/aromatic N) is 1. The first-order chi connectivity index (χ1) is 18.7. The van der Waals surface area contributed by atoms with Crippen molar-refractivity contribution in [2.45, 2.75) is 93.5 Å². The van der Waals surface area contributed by atoms with Crippen molar-refractivity contribution in [2.24, 2.45) is 0 Å². The van der Waals surface area contributed by atoms with E-state index < -0.39 is 92.8 Å². The van der Waals surface area contributed by atoms with Crippen molar-refractivity contribution in [2.75, 3.05) is 14.1 Å². The standard InChI is InChI=1S/C23H36FN4O11P/c1-9-5-14(28-15(29)7-13-12(24)6-11(8-27-13)10(2)39-40(33,34)35)23(32)22(36-9)37-21-19(31)16(25-3)18(30)17(26-4)20(21)38-23/h6,8-10,14,16-22,25-26,30-32H,5,7H2,1-4H3,(H,28,29)(H2,33,34,35)/t9-,10?,14?,16-,17+,18+,19+,20-,21-,22+,23+/m1/s1. The monoisotopic (exact) mass is 594 g/mol.